The lowest BCUT2D eigenvalue weighted by Crippen LogP contribution is -2.60. The number of unbranched alkanes of at least 4 members (excludes halogenated alkanes) is 22. The number of hydrogen-bond donors (Lipinski definition) is 6. The molecular weight excluding hydrogens is 787 g/mol. The third kappa shape index (κ3) is 31.5. The number of amides is 1. The van der Waals surface area contributed by atoms with Gasteiger partial charge in [-0.2, -0.15) is 0 Å². The lowest BCUT2D eigenvalue weighted by atomic mass is 9.99. The van der Waals surface area contributed by atoms with Crippen molar-refractivity contribution < 1.29 is 49.3 Å². The largest absolute Gasteiger partial charge is 0.466 e. The third-order valence-corrected chi connectivity index (χ3v) is 11.5. The van der Waals surface area contributed by atoms with Crippen molar-refractivity contribution in [3.05, 3.63) is 48.6 Å². The minimum Gasteiger partial charge on any atom is -0.466 e. The molecule has 0 bridgehead atoms. The average molecular weight is 878 g/mol. The van der Waals surface area contributed by atoms with Crippen molar-refractivity contribution in [2.24, 2.45) is 0 Å². The van der Waals surface area contributed by atoms with Crippen molar-refractivity contribution in [3.63, 3.8) is 0 Å². The monoisotopic (exact) mass is 878 g/mol. The molecule has 6 N–H and O–H groups in total. The Morgan fingerprint density at radius 2 is 1.11 bits per heavy atom. The number of aliphatic hydroxyl groups excluding tert-OH is 5. The zero-order chi connectivity index (χ0) is 45.3. The Hall–Kier alpha value is -2.38. The number of aliphatic hydroxyl groups is 5. The molecule has 1 rings (SSSR count). The van der Waals surface area contributed by atoms with Gasteiger partial charge in [-0.1, -0.05) is 152 Å². The number of nitrogens with one attached hydrogen (secondary N) is 1. The topological polar surface area (TPSA) is 175 Å². The predicted molar refractivity (Wildman–Crippen MR) is 250 cm³/mol. The molecule has 360 valence electrons. The number of rotatable bonds is 41. The maximum absolute atomic E-state index is 12.9. The van der Waals surface area contributed by atoms with Gasteiger partial charge in [0.2, 0.25) is 5.91 Å². The molecule has 7 unspecified atom stereocenters. The fourth-order valence-electron chi connectivity index (χ4n) is 7.47. The van der Waals surface area contributed by atoms with E-state index in [-0.39, 0.29) is 18.5 Å². The van der Waals surface area contributed by atoms with Crippen LogP contribution in [0, 0.1) is 0 Å². The Morgan fingerprint density at radius 1 is 0.613 bits per heavy atom. The Kier molecular flexibility index (Phi) is 38.4. The predicted octanol–water partition coefficient (Wildman–Crippen LogP) is 9.77. The van der Waals surface area contributed by atoms with Crippen molar-refractivity contribution in [1.82, 2.24) is 5.32 Å². The van der Waals surface area contributed by atoms with Crippen LogP contribution < -0.4 is 5.32 Å². The average Bonchev–Trinajstić information content (AvgIpc) is 3.27. The summed E-state index contributed by atoms with van der Waals surface area (Å²) in [6, 6.07) is -0.851. The van der Waals surface area contributed by atoms with Crippen molar-refractivity contribution in [1.29, 1.82) is 0 Å². The second-order valence-corrected chi connectivity index (χ2v) is 17.2. The summed E-state index contributed by atoms with van der Waals surface area (Å²) < 4.78 is 16.6. The van der Waals surface area contributed by atoms with Crippen LogP contribution >= 0.6 is 0 Å². The third-order valence-electron chi connectivity index (χ3n) is 11.5. The van der Waals surface area contributed by atoms with E-state index in [2.05, 4.69) is 42.6 Å². The van der Waals surface area contributed by atoms with Gasteiger partial charge in [0.25, 0.3) is 0 Å². The Morgan fingerprint density at radius 3 is 1.69 bits per heavy atom. The first-order chi connectivity index (χ1) is 30.2. The molecule has 0 aliphatic carbocycles. The van der Waals surface area contributed by atoms with Crippen molar-refractivity contribution in [2.75, 3.05) is 19.8 Å². The van der Waals surface area contributed by atoms with E-state index in [1.54, 1.807) is 6.08 Å². The van der Waals surface area contributed by atoms with Crippen molar-refractivity contribution in [2.45, 2.75) is 243 Å². The molecule has 0 radical (unpaired) electrons. The van der Waals surface area contributed by atoms with E-state index in [0.29, 0.717) is 32.3 Å². The second kappa shape index (κ2) is 41.3. The van der Waals surface area contributed by atoms with E-state index in [1.165, 1.54) is 70.6 Å². The first-order valence-corrected chi connectivity index (χ1v) is 24.9. The minimum atomic E-state index is -1.59. The number of carbonyl (C=O) groups is 2. The molecule has 11 nitrogen and oxygen atoms in total. The van der Waals surface area contributed by atoms with Gasteiger partial charge < -0.3 is 45.1 Å². The second-order valence-electron chi connectivity index (χ2n) is 17.2. The fourth-order valence-corrected chi connectivity index (χ4v) is 7.47. The van der Waals surface area contributed by atoms with Gasteiger partial charge in [-0.05, 0) is 84.0 Å². The molecular formula is C51H91NO10. The maximum atomic E-state index is 12.9. The summed E-state index contributed by atoms with van der Waals surface area (Å²) in [4.78, 5) is 25.0. The summed E-state index contributed by atoms with van der Waals surface area (Å²) in [5, 5.41) is 54.0. The number of esters is 1. The summed E-state index contributed by atoms with van der Waals surface area (Å²) in [5.74, 6) is -0.275. The first-order valence-electron chi connectivity index (χ1n) is 24.9. The minimum absolute atomic E-state index is 0.0487. The molecule has 0 aromatic rings. The van der Waals surface area contributed by atoms with Gasteiger partial charge in [0.05, 0.1) is 32.0 Å². The zero-order valence-electron chi connectivity index (χ0n) is 39.1. The van der Waals surface area contributed by atoms with E-state index in [0.717, 1.165) is 89.9 Å². The van der Waals surface area contributed by atoms with E-state index in [4.69, 9.17) is 14.2 Å². The molecule has 1 aliphatic heterocycles. The first kappa shape index (κ1) is 57.6. The summed E-state index contributed by atoms with van der Waals surface area (Å²) in [7, 11) is 0. The van der Waals surface area contributed by atoms with Crippen LogP contribution in [0.4, 0.5) is 0 Å². The lowest BCUT2D eigenvalue weighted by Gasteiger charge is -2.40. The molecule has 1 fully saturated rings. The van der Waals surface area contributed by atoms with Gasteiger partial charge in [0, 0.05) is 12.8 Å². The van der Waals surface area contributed by atoms with Crippen LogP contribution in [0.5, 0.6) is 0 Å². The highest BCUT2D eigenvalue weighted by atomic mass is 16.7. The number of hydrogen-bond acceptors (Lipinski definition) is 10. The maximum Gasteiger partial charge on any atom is 0.305 e. The normalized spacial score (nSPS) is 20.5. The summed E-state index contributed by atoms with van der Waals surface area (Å²) in [6.07, 6.45) is 39.3. The summed E-state index contributed by atoms with van der Waals surface area (Å²) >= 11 is 0. The Labute approximate surface area is 376 Å². The van der Waals surface area contributed by atoms with Crippen LogP contribution in [0.25, 0.3) is 0 Å². The lowest BCUT2D eigenvalue weighted by molar-refractivity contribution is -0.302. The molecule has 1 heterocycles. The molecule has 1 aliphatic rings. The fraction of sp³-hybridized carbons (Fsp3) is 0.804. The van der Waals surface area contributed by atoms with E-state index >= 15 is 0 Å². The van der Waals surface area contributed by atoms with Crippen LogP contribution in [0.2, 0.25) is 0 Å². The van der Waals surface area contributed by atoms with Crippen molar-refractivity contribution >= 4 is 11.9 Å². The molecule has 7 atom stereocenters. The van der Waals surface area contributed by atoms with E-state index < -0.39 is 49.5 Å². The highest BCUT2D eigenvalue weighted by molar-refractivity contribution is 5.76. The molecule has 1 saturated heterocycles. The Balaban J connectivity index is 2.18. The molecule has 11 heteroatoms. The smallest absolute Gasteiger partial charge is 0.305 e. The quantitative estimate of drug-likeness (QED) is 0.0197. The van der Waals surface area contributed by atoms with E-state index in [1.807, 2.05) is 19.1 Å². The molecule has 0 aromatic carbocycles. The van der Waals surface area contributed by atoms with Crippen LogP contribution in [0.1, 0.15) is 200 Å². The molecule has 62 heavy (non-hydrogen) atoms. The van der Waals surface area contributed by atoms with Gasteiger partial charge >= 0.3 is 5.97 Å². The number of allylic oxidation sites excluding steroid dienone is 7. The highest BCUT2D eigenvalue weighted by Crippen LogP contribution is 2.22. The van der Waals surface area contributed by atoms with Crippen LogP contribution in [0.15, 0.2) is 48.6 Å². The molecule has 0 aromatic heterocycles. The van der Waals surface area contributed by atoms with Gasteiger partial charge in [-0.15, -0.1) is 0 Å². The van der Waals surface area contributed by atoms with Crippen LogP contribution in [-0.2, 0) is 23.8 Å². The van der Waals surface area contributed by atoms with Gasteiger partial charge in [-0.3, -0.25) is 9.59 Å². The summed E-state index contributed by atoms with van der Waals surface area (Å²) in [6.45, 7) is 3.98. The van der Waals surface area contributed by atoms with E-state index in [9.17, 15) is 35.1 Å². The van der Waals surface area contributed by atoms with Crippen LogP contribution in [-0.4, -0.2) is 100 Å². The molecule has 0 saturated carbocycles. The molecule has 0 spiro atoms. The highest BCUT2D eigenvalue weighted by Gasteiger charge is 2.44. The van der Waals surface area contributed by atoms with Gasteiger partial charge in [-0.25, -0.2) is 0 Å². The van der Waals surface area contributed by atoms with Gasteiger partial charge in [0.15, 0.2) is 6.29 Å². The molecule has 1 amide bonds. The zero-order valence-corrected chi connectivity index (χ0v) is 39.1. The number of ether oxygens (including phenoxy) is 3. The summed E-state index contributed by atoms with van der Waals surface area (Å²) in [5.41, 5.74) is 0. The van der Waals surface area contributed by atoms with Crippen molar-refractivity contribution in [3.8, 4) is 0 Å². The SMILES string of the molecule is C/C=C/CC/C=C/CC/C=C/C(O)C(COC1OC(CO)C(O)C(O)C1O)NC(=O)CCCCCCC/C=C\CCCCCOC(=O)CCCCCCCCCCCCCCC. The standard InChI is InChI=1S/C51H91NO10/c1-3-5-7-9-11-13-14-15-19-23-27-31-35-39-47(56)60-40-36-32-28-24-20-17-16-18-22-26-30-34-38-46(55)52-43(44(54)37-33-29-25-21-12-10-8-6-4-2)42-61-51-50(59)49(58)48(57)45(41-53)62-51/h4,6,12,17,20-21,33,37,43-45,48-51,53-54,57-59H,3,5,7-11,13-16,18-19,22-32,34-36,38-42H2,1-2H3,(H,52,55)/b6-4+,20-17-,21-12+,37-33+. The van der Waals surface area contributed by atoms with Crippen LogP contribution in [0.3, 0.4) is 0 Å². The Bertz CT molecular complexity index is 1170. The number of carbonyl (C=O) groups excluding carboxylic acids is 2. The van der Waals surface area contributed by atoms with Gasteiger partial charge in [0.1, 0.15) is 24.4 Å².